The summed E-state index contributed by atoms with van der Waals surface area (Å²) in [7, 11) is 0. The number of Topliss-reactive ketones (excluding diaryl/α,β-unsaturated/α-hetero) is 1. The summed E-state index contributed by atoms with van der Waals surface area (Å²) in [5.74, 6) is 0.209. The summed E-state index contributed by atoms with van der Waals surface area (Å²) in [6.07, 6.45) is 1.04. The molecule has 0 unspecified atom stereocenters. The summed E-state index contributed by atoms with van der Waals surface area (Å²) >= 11 is 4.94. The van der Waals surface area contributed by atoms with Crippen molar-refractivity contribution >= 4 is 33.0 Å². The third kappa shape index (κ3) is 2.81. The summed E-state index contributed by atoms with van der Waals surface area (Å²) in [5, 5.41) is 1.95. The van der Waals surface area contributed by atoms with Crippen molar-refractivity contribution in [3.63, 3.8) is 0 Å². The van der Waals surface area contributed by atoms with E-state index in [1.165, 1.54) is 22.5 Å². The molecule has 1 aliphatic rings. The van der Waals surface area contributed by atoms with Crippen LogP contribution >= 0.6 is 27.3 Å². The molecule has 2 heterocycles. The Morgan fingerprint density at radius 2 is 2.05 bits per heavy atom. The standard InChI is InChI=1S/C15H14BrNOS/c16-13-6-8-19-15(13)14(18)10-17-7-5-11-3-1-2-4-12(11)9-17/h1-4,6,8H,5,7,9-10H2. The van der Waals surface area contributed by atoms with Gasteiger partial charge in [0.15, 0.2) is 5.78 Å². The lowest BCUT2D eigenvalue weighted by atomic mass is 10.00. The second-order valence-electron chi connectivity index (χ2n) is 4.75. The van der Waals surface area contributed by atoms with Gasteiger partial charge in [0.05, 0.1) is 11.4 Å². The van der Waals surface area contributed by atoms with Crippen LogP contribution in [0.1, 0.15) is 20.8 Å². The van der Waals surface area contributed by atoms with Crippen molar-refractivity contribution in [3.05, 3.63) is 56.2 Å². The number of halogens is 1. The highest BCUT2D eigenvalue weighted by molar-refractivity contribution is 9.10. The maximum atomic E-state index is 12.2. The summed E-state index contributed by atoms with van der Waals surface area (Å²) in [4.78, 5) is 15.3. The maximum Gasteiger partial charge on any atom is 0.187 e. The van der Waals surface area contributed by atoms with Crippen LogP contribution in [-0.2, 0) is 13.0 Å². The molecule has 0 bridgehead atoms. The Hall–Kier alpha value is -0.970. The van der Waals surface area contributed by atoms with Crippen molar-refractivity contribution in [1.82, 2.24) is 4.90 Å². The molecule has 3 rings (SSSR count). The van der Waals surface area contributed by atoms with Crippen molar-refractivity contribution in [2.24, 2.45) is 0 Å². The molecule has 98 valence electrons. The van der Waals surface area contributed by atoms with E-state index >= 15 is 0 Å². The molecule has 0 N–H and O–H groups in total. The van der Waals surface area contributed by atoms with E-state index < -0.39 is 0 Å². The highest BCUT2D eigenvalue weighted by atomic mass is 79.9. The number of carbonyl (C=O) groups is 1. The maximum absolute atomic E-state index is 12.2. The van der Waals surface area contributed by atoms with Crippen LogP contribution in [-0.4, -0.2) is 23.8 Å². The number of ketones is 1. The molecule has 2 nitrogen and oxygen atoms in total. The lowest BCUT2D eigenvalue weighted by molar-refractivity contribution is 0.0925. The Morgan fingerprint density at radius 3 is 2.79 bits per heavy atom. The molecule has 0 radical (unpaired) electrons. The van der Waals surface area contributed by atoms with E-state index in [1.54, 1.807) is 0 Å². The van der Waals surface area contributed by atoms with Crippen LogP contribution in [0.3, 0.4) is 0 Å². The molecule has 0 saturated heterocycles. The van der Waals surface area contributed by atoms with Crippen LogP contribution in [0, 0.1) is 0 Å². The van der Waals surface area contributed by atoms with E-state index in [9.17, 15) is 4.79 Å². The number of hydrogen-bond acceptors (Lipinski definition) is 3. The van der Waals surface area contributed by atoms with Gasteiger partial charge in [-0.2, -0.15) is 0 Å². The van der Waals surface area contributed by atoms with Gasteiger partial charge in [-0.3, -0.25) is 9.69 Å². The molecule has 4 heteroatoms. The first-order valence-corrected chi connectivity index (χ1v) is 7.96. The molecule has 0 fully saturated rings. The molecule has 1 aromatic carbocycles. The van der Waals surface area contributed by atoms with Gasteiger partial charge in [0.1, 0.15) is 0 Å². The van der Waals surface area contributed by atoms with Crippen LogP contribution in [0.25, 0.3) is 0 Å². The summed E-state index contributed by atoms with van der Waals surface area (Å²) in [6, 6.07) is 10.4. The first-order valence-electron chi connectivity index (χ1n) is 6.29. The average Bonchev–Trinajstić information content (AvgIpc) is 2.85. The first-order chi connectivity index (χ1) is 9.24. The Morgan fingerprint density at radius 1 is 1.26 bits per heavy atom. The van der Waals surface area contributed by atoms with Crippen molar-refractivity contribution < 1.29 is 4.79 Å². The predicted octanol–water partition coefficient (Wildman–Crippen LogP) is 3.75. The zero-order chi connectivity index (χ0) is 13.2. The van der Waals surface area contributed by atoms with Crippen molar-refractivity contribution in [1.29, 1.82) is 0 Å². The largest absolute Gasteiger partial charge is 0.292 e. The average molecular weight is 336 g/mol. The van der Waals surface area contributed by atoms with E-state index in [4.69, 9.17) is 0 Å². The number of carbonyl (C=O) groups excluding carboxylic acids is 1. The van der Waals surface area contributed by atoms with Crippen molar-refractivity contribution in [3.8, 4) is 0 Å². The number of rotatable bonds is 3. The van der Waals surface area contributed by atoms with Crippen molar-refractivity contribution in [2.75, 3.05) is 13.1 Å². The quantitative estimate of drug-likeness (QED) is 0.796. The Labute approximate surface area is 125 Å². The van der Waals surface area contributed by atoms with E-state index in [-0.39, 0.29) is 5.78 Å². The normalized spacial score (nSPS) is 15.2. The number of hydrogen-bond donors (Lipinski definition) is 0. The van der Waals surface area contributed by atoms with Gasteiger partial charge in [0, 0.05) is 17.6 Å². The lowest BCUT2D eigenvalue weighted by Gasteiger charge is -2.27. The van der Waals surface area contributed by atoms with Crippen LogP contribution in [0.15, 0.2) is 40.2 Å². The number of nitrogens with zero attached hydrogens (tertiary/aromatic N) is 1. The van der Waals surface area contributed by atoms with Gasteiger partial charge in [0.25, 0.3) is 0 Å². The van der Waals surface area contributed by atoms with Gasteiger partial charge in [-0.25, -0.2) is 0 Å². The minimum absolute atomic E-state index is 0.209. The van der Waals surface area contributed by atoms with E-state index in [0.717, 1.165) is 28.9 Å². The second-order valence-corrected chi connectivity index (χ2v) is 6.52. The van der Waals surface area contributed by atoms with Gasteiger partial charge in [-0.15, -0.1) is 11.3 Å². The second kappa shape index (κ2) is 5.57. The van der Waals surface area contributed by atoms with Gasteiger partial charge >= 0.3 is 0 Å². The molecular weight excluding hydrogens is 322 g/mol. The van der Waals surface area contributed by atoms with Crippen molar-refractivity contribution in [2.45, 2.75) is 13.0 Å². The molecule has 19 heavy (non-hydrogen) atoms. The Bertz CT molecular complexity index is 608. The highest BCUT2D eigenvalue weighted by Crippen LogP contribution is 2.24. The fourth-order valence-corrected chi connectivity index (χ4v) is 3.98. The molecule has 2 aromatic rings. The lowest BCUT2D eigenvalue weighted by Crippen LogP contribution is -2.34. The van der Waals surface area contributed by atoms with E-state index in [1.807, 2.05) is 11.4 Å². The zero-order valence-corrected chi connectivity index (χ0v) is 12.8. The van der Waals surface area contributed by atoms with Crippen LogP contribution in [0.2, 0.25) is 0 Å². The molecule has 0 amide bonds. The monoisotopic (exact) mass is 335 g/mol. The van der Waals surface area contributed by atoms with E-state index in [2.05, 4.69) is 45.1 Å². The number of fused-ring (bicyclic) bond motifs is 1. The minimum atomic E-state index is 0.209. The molecule has 1 aliphatic heterocycles. The third-order valence-corrected chi connectivity index (χ3v) is 5.33. The minimum Gasteiger partial charge on any atom is -0.292 e. The van der Waals surface area contributed by atoms with Crippen LogP contribution < -0.4 is 0 Å². The number of benzene rings is 1. The number of thiophene rings is 1. The van der Waals surface area contributed by atoms with Crippen LogP contribution in [0.5, 0.6) is 0 Å². The summed E-state index contributed by atoms with van der Waals surface area (Å²) in [5.41, 5.74) is 2.77. The summed E-state index contributed by atoms with van der Waals surface area (Å²) < 4.78 is 0.917. The molecule has 0 saturated carbocycles. The fraction of sp³-hybridized carbons (Fsp3) is 0.267. The smallest absolute Gasteiger partial charge is 0.187 e. The molecular formula is C15H14BrNOS. The molecule has 1 aromatic heterocycles. The Kier molecular flexibility index (Phi) is 3.82. The van der Waals surface area contributed by atoms with E-state index in [0.29, 0.717) is 6.54 Å². The van der Waals surface area contributed by atoms with Gasteiger partial charge in [0.2, 0.25) is 0 Å². The van der Waals surface area contributed by atoms with Crippen LogP contribution in [0.4, 0.5) is 0 Å². The molecule has 0 aliphatic carbocycles. The topological polar surface area (TPSA) is 20.3 Å². The molecule has 0 spiro atoms. The van der Waals surface area contributed by atoms with Gasteiger partial charge in [-0.05, 0) is 44.9 Å². The highest BCUT2D eigenvalue weighted by Gasteiger charge is 2.20. The fourth-order valence-electron chi connectivity index (χ4n) is 2.46. The van der Waals surface area contributed by atoms with Gasteiger partial charge < -0.3 is 0 Å². The Balaban J connectivity index is 1.70. The molecule has 0 atom stereocenters. The summed E-state index contributed by atoms with van der Waals surface area (Å²) in [6.45, 7) is 2.35. The van der Waals surface area contributed by atoms with Gasteiger partial charge in [-0.1, -0.05) is 24.3 Å². The predicted molar refractivity (Wildman–Crippen MR) is 81.8 cm³/mol. The third-order valence-electron chi connectivity index (χ3n) is 3.45. The SMILES string of the molecule is O=C(CN1CCc2ccccc2C1)c1sccc1Br. The zero-order valence-electron chi connectivity index (χ0n) is 10.4. The first kappa shape index (κ1) is 13.0.